The fourth-order valence-electron chi connectivity index (χ4n) is 3.16. The first-order valence-electron chi connectivity index (χ1n) is 7.86. The zero-order chi connectivity index (χ0) is 19.8. The summed E-state index contributed by atoms with van der Waals surface area (Å²) < 4.78 is 40.7. The predicted octanol–water partition coefficient (Wildman–Crippen LogP) is 3.40. The number of carbonyl (C=O) groups is 2. The van der Waals surface area contributed by atoms with Crippen molar-refractivity contribution >= 4 is 27.7 Å². The molecule has 9 heteroatoms. The summed E-state index contributed by atoms with van der Waals surface area (Å²) in [4.78, 5) is 24.4. The van der Waals surface area contributed by atoms with E-state index in [0.717, 1.165) is 0 Å². The fraction of sp³-hybridized carbons (Fsp3) is 0.222. The van der Waals surface area contributed by atoms with Crippen LogP contribution in [0.2, 0.25) is 0 Å². The van der Waals surface area contributed by atoms with Gasteiger partial charge < -0.3 is 15.7 Å². The molecule has 2 aromatic rings. The molecule has 1 saturated heterocycles. The lowest BCUT2D eigenvalue weighted by Crippen LogP contribution is -2.66. The molecule has 0 aliphatic carbocycles. The summed E-state index contributed by atoms with van der Waals surface area (Å²) in [5.74, 6) is -4.17. The first-order chi connectivity index (χ1) is 12.6. The number of halogens is 4. The smallest absolute Gasteiger partial charge is 0.366 e. The van der Waals surface area contributed by atoms with Gasteiger partial charge in [-0.15, -0.1) is 0 Å². The van der Waals surface area contributed by atoms with Crippen molar-refractivity contribution in [2.24, 2.45) is 5.92 Å². The van der Waals surface area contributed by atoms with Crippen LogP contribution in [0.15, 0.2) is 59.1 Å². The molecule has 1 fully saturated rings. The highest BCUT2D eigenvalue weighted by Crippen LogP contribution is 2.42. The van der Waals surface area contributed by atoms with Gasteiger partial charge in [0.2, 0.25) is 5.78 Å². The lowest BCUT2D eigenvalue weighted by molar-refractivity contribution is -0.190. The third-order valence-electron chi connectivity index (χ3n) is 4.38. The minimum absolute atomic E-state index is 0.0236. The van der Waals surface area contributed by atoms with Crippen LogP contribution in [-0.2, 0) is 10.5 Å². The van der Waals surface area contributed by atoms with E-state index in [1.807, 2.05) is 0 Å². The van der Waals surface area contributed by atoms with Gasteiger partial charge in [-0.3, -0.25) is 4.79 Å². The molecule has 5 nitrogen and oxygen atoms in total. The van der Waals surface area contributed by atoms with Crippen molar-refractivity contribution in [3.63, 3.8) is 0 Å². The maximum Gasteiger partial charge on any atom is 0.450 e. The number of aliphatic hydroxyl groups is 1. The second-order valence-electron chi connectivity index (χ2n) is 6.10. The lowest BCUT2D eigenvalue weighted by atomic mass is 9.76. The van der Waals surface area contributed by atoms with Crippen LogP contribution in [-0.4, -0.2) is 23.1 Å². The Bertz CT molecular complexity index is 858. The van der Waals surface area contributed by atoms with Gasteiger partial charge in [0, 0.05) is 10.0 Å². The van der Waals surface area contributed by atoms with Crippen LogP contribution < -0.4 is 10.6 Å². The van der Waals surface area contributed by atoms with Crippen molar-refractivity contribution in [1.82, 2.24) is 10.6 Å². The van der Waals surface area contributed by atoms with Gasteiger partial charge in [0.1, 0.15) is 5.92 Å². The number of carbonyl (C=O) groups excluding carboxylic acids is 2. The van der Waals surface area contributed by atoms with Crippen LogP contribution in [0.4, 0.5) is 18.0 Å². The van der Waals surface area contributed by atoms with E-state index in [4.69, 9.17) is 0 Å². The van der Waals surface area contributed by atoms with Crippen LogP contribution in [0.1, 0.15) is 17.2 Å². The Kier molecular flexibility index (Phi) is 5.00. The van der Waals surface area contributed by atoms with Gasteiger partial charge in [-0.1, -0.05) is 58.4 Å². The third kappa shape index (κ3) is 3.70. The molecule has 0 saturated carbocycles. The lowest BCUT2D eigenvalue weighted by Gasteiger charge is -2.45. The summed E-state index contributed by atoms with van der Waals surface area (Å²) in [5, 5.41) is 15.5. The largest absolute Gasteiger partial charge is 0.450 e. The molecule has 3 rings (SSSR count). The van der Waals surface area contributed by atoms with Gasteiger partial charge in [-0.25, -0.2) is 4.79 Å². The van der Waals surface area contributed by atoms with E-state index in [9.17, 15) is 27.9 Å². The van der Waals surface area contributed by atoms with Crippen molar-refractivity contribution in [1.29, 1.82) is 0 Å². The highest BCUT2D eigenvalue weighted by molar-refractivity contribution is 9.10. The Morgan fingerprint density at radius 2 is 1.67 bits per heavy atom. The molecular weight excluding hydrogens is 429 g/mol. The maximum atomic E-state index is 13.3. The minimum atomic E-state index is -5.20. The van der Waals surface area contributed by atoms with E-state index in [0.29, 0.717) is 4.47 Å². The summed E-state index contributed by atoms with van der Waals surface area (Å²) in [6.45, 7) is 0. The molecule has 0 aromatic heterocycles. The van der Waals surface area contributed by atoms with E-state index in [-0.39, 0.29) is 11.1 Å². The number of rotatable bonds is 3. The Morgan fingerprint density at radius 1 is 1.07 bits per heavy atom. The Labute approximate surface area is 160 Å². The van der Waals surface area contributed by atoms with Gasteiger partial charge in [-0.05, 0) is 17.7 Å². The van der Waals surface area contributed by atoms with E-state index in [2.05, 4.69) is 26.6 Å². The molecule has 2 aromatic carbocycles. The third-order valence-corrected chi connectivity index (χ3v) is 4.91. The van der Waals surface area contributed by atoms with Crippen molar-refractivity contribution < 1.29 is 27.9 Å². The summed E-state index contributed by atoms with van der Waals surface area (Å²) in [7, 11) is 0. The second-order valence-corrected chi connectivity index (χ2v) is 7.02. The topological polar surface area (TPSA) is 78.4 Å². The van der Waals surface area contributed by atoms with Gasteiger partial charge in [0.25, 0.3) is 0 Å². The monoisotopic (exact) mass is 442 g/mol. The number of urea groups is 1. The standard InChI is InChI=1S/C18H14BrF3N2O3/c19-12-8-6-10(7-9-12)14-13(15(25)18(20,21)22)17(27,24-16(26)23-14)11-4-2-1-3-5-11/h1-9,13-14,27H,(H2,23,24,26). The van der Waals surface area contributed by atoms with E-state index < -0.39 is 35.7 Å². The molecule has 2 amide bonds. The summed E-state index contributed by atoms with van der Waals surface area (Å²) in [6.07, 6.45) is -5.20. The van der Waals surface area contributed by atoms with Crippen LogP contribution in [0.25, 0.3) is 0 Å². The number of hydrogen-bond donors (Lipinski definition) is 3. The molecule has 3 unspecified atom stereocenters. The molecule has 0 bridgehead atoms. The van der Waals surface area contributed by atoms with Crippen molar-refractivity contribution in [2.75, 3.05) is 0 Å². The Hall–Kier alpha value is -2.39. The second kappa shape index (κ2) is 6.97. The number of nitrogens with one attached hydrogen (secondary N) is 2. The molecule has 1 aliphatic heterocycles. The first kappa shape index (κ1) is 19.4. The molecular formula is C18H14BrF3N2O3. The fourth-order valence-corrected chi connectivity index (χ4v) is 3.42. The summed E-state index contributed by atoms with van der Waals surface area (Å²) in [6, 6.07) is 11.1. The average molecular weight is 443 g/mol. The van der Waals surface area contributed by atoms with Gasteiger partial charge >= 0.3 is 12.2 Å². The predicted molar refractivity (Wildman–Crippen MR) is 93.4 cm³/mol. The molecule has 3 N–H and O–H groups in total. The molecule has 3 atom stereocenters. The molecule has 27 heavy (non-hydrogen) atoms. The minimum Gasteiger partial charge on any atom is -0.366 e. The van der Waals surface area contributed by atoms with Gasteiger partial charge in [0.05, 0.1) is 6.04 Å². The number of ketones is 1. The van der Waals surface area contributed by atoms with Crippen LogP contribution >= 0.6 is 15.9 Å². The average Bonchev–Trinajstić information content (AvgIpc) is 2.61. The number of amides is 2. The van der Waals surface area contributed by atoms with E-state index >= 15 is 0 Å². The van der Waals surface area contributed by atoms with Crippen molar-refractivity contribution in [3.8, 4) is 0 Å². The molecule has 1 heterocycles. The zero-order valence-electron chi connectivity index (χ0n) is 13.6. The van der Waals surface area contributed by atoms with Crippen molar-refractivity contribution in [2.45, 2.75) is 17.9 Å². The molecule has 142 valence electrons. The molecule has 1 aliphatic rings. The quantitative estimate of drug-likeness (QED) is 0.681. The maximum absolute atomic E-state index is 13.3. The van der Waals surface area contributed by atoms with Crippen LogP contribution in [0, 0.1) is 5.92 Å². The van der Waals surface area contributed by atoms with Crippen LogP contribution in [0.3, 0.4) is 0 Å². The molecule has 0 radical (unpaired) electrons. The van der Waals surface area contributed by atoms with Crippen LogP contribution in [0.5, 0.6) is 0 Å². The van der Waals surface area contributed by atoms with E-state index in [1.165, 1.54) is 36.4 Å². The van der Waals surface area contributed by atoms with E-state index in [1.54, 1.807) is 18.2 Å². The number of benzene rings is 2. The zero-order valence-corrected chi connectivity index (χ0v) is 15.2. The number of Topliss-reactive ketones (excluding diaryl/α,β-unsaturated/α-hetero) is 1. The number of hydrogen-bond acceptors (Lipinski definition) is 3. The molecule has 0 spiro atoms. The van der Waals surface area contributed by atoms with Crippen molar-refractivity contribution in [3.05, 3.63) is 70.2 Å². The first-order valence-corrected chi connectivity index (χ1v) is 8.65. The highest BCUT2D eigenvalue weighted by Gasteiger charge is 2.59. The van der Waals surface area contributed by atoms with Gasteiger partial charge in [-0.2, -0.15) is 13.2 Å². The Morgan fingerprint density at radius 3 is 2.22 bits per heavy atom. The number of alkyl halides is 3. The Balaban J connectivity index is 2.18. The SMILES string of the molecule is O=C1NC(c2ccc(Br)cc2)C(C(=O)C(F)(F)F)C(O)(c2ccccc2)N1. The normalized spacial score (nSPS) is 25.4. The highest BCUT2D eigenvalue weighted by atomic mass is 79.9. The summed E-state index contributed by atoms with van der Waals surface area (Å²) in [5.41, 5.74) is -2.30. The summed E-state index contributed by atoms with van der Waals surface area (Å²) >= 11 is 3.22. The van der Waals surface area contributed by atoms with Gasteiger partial charge in [0.15, 0.2) is 5.72 Å².